The molecule has 0 bridgehead atoms. The summed E-state index contributed by atoms with van der Waals surface area (Å²) in [7, 11) is 0. The number of anilines is 1. The first-order valence-electron chi connectivity index (χ1n) is 5.44. The Hall–Kier alpha value is -0.570. The fourth-order valence-corrected chi connectivity index (χ4v) is 2.46. The topological polar surface area (TPSA) is 12.0 Å². The molecule has 1 nitrogen and oxygen atoms in total. The van der Waals surface area contributed by atoms with Crippen LogP contribution in [-0.4, -0.2) is 6.54 Å². The average Bonchev–Trinajstić information content (AvgIpc) is 2.72. The second kappa shape index (κ2) is 4.97. The number of rotatable bonds is 3. The Morgan fingerprint density at radius 2 is 2.07 bits per heavy atom. The molecule has 2 rings (SSSR count). The average molecular weight is 272 g/mol. The van der Waals surface area contributed by atoms with Crippen LogP contribution in [0.4, 0.5) is 10.1 Å². The quantitative estimate of drug-likeness (QED) is 0.869. The van der Waals surface area contributed by atoms with Crippen molar-refractivity contribution < 1.29 is 4.39 Å². The lowest BCUT2D eigenvalue weighted by molar-refractivity contribution is 0.573. The molecule has 1 saturated carbocycles. The van der Waals surface area contributed by atoms with E-state index in [2.05, 4.69) is 21.2 Å². The van der Waals surface area contributed by atoms with Crippen LogP contribution < -0.4 is 5.32 Å². The zero-order valence-corrected chi connectivity index (χ0v) is 10.2. The third kappa shape index (κ3) is 2.94. The normalized spacial score (nSPS) is 16.9. The van der Waals surface area contributed by atoms with Crippen molar-refractivity contribution in [2.24, 2.45) is 5.92 Å². The van der Waals surface area contributed by atoms with Crippen LogP contribution in [0.1, 0.15) is 25.7 Å². The molecular weight excluding hydrogens is 257 g/mol. The van der Waals surface area contributed by atoms with E-state index in [1.54, 1.807) is 12.1 Å². The van der Waals surface area contributed by atoms with Gasteiger partial charge >= 0.3 is 0 Å². The monoisotopic (exact) mass is 271 g/mol. The highest BCUT2D eigenvalue weighted by Crippen LogP contribution is 2.26. The van der Waals surface area contributed by atoms with Gasteiger partial charge in [0.15, 0.2) is 0 Å². The first-order chi connectivity index (χ1) is 7.25. The van der Waals surface area contributed by atoms with Gasteiger partial charge in [-0.25, -0.2) is 4.39 Å². The lowest BCUT2D eigenvalue weighted by atomic mass is 10.1. The van der Waals surface area contributed by atoms with E-state index in [-0.39, 0.29) is 5.82 Å². The molecule has 0 heterocycles. The minimum absolute atomic E-state index is 0.170. The first kappa shape index (κ1) is 10.9. The molecule has 1 aromatic carbocycles. The second-order valence-electron chi connectivity index (χ2n) is 4.16. The SMILES string of the molecule is Fc1ccc(Br)cc1NCC1CCCC1. The maximum atomic E-state index is 13.4. The van der Waals surface area contributed by atoms with Crippen molar-refractivity contribution >= 4 is 21.6 Å². The highest BCUT2D eigenvalue weighted by molar-refractivity contribution is 9.10. The van der Waals surface area contributed by atoms with E-state index >= 15 is 0 Å². The zero-order chi connectivity index (χ0) is 10.7. The van der Waals surface area contributed by atoms with Crippen LogP contribution in [0, 0.1) is 11.7 Å². The van der Waals surface area contributed by atoms with Gasteiger partial charge in [0.05, 0.1) is 5.69 Å². The number of nitrogens with one attached hydrogen (secondary N) is 1. The predicted molar refractivity (Wildman–Crippen MR) is 64.5 cm³/mol. The van der Waals surface area contributed by atoms with Crippen molar-refractivity contribution in [1.82, 2.24) is 0 Å². The van der Waals surface area contributed by atoms with Gasteiger partial charge in [-0.05, 0) is 37.0 Å². The van der Waals surface area contributed by atoms with E-state index in [9.17, 15) is 4.39 Å². The maximum Gasteiger partial charge on any atom is 0.146 e. The van der Waals surface area contributed by atoms with Crippen molar-refractivity contribution in [3.63, 3.8) is 0 Å². The Morgan fingerprint density at radius 3 is 2.80 bits per heavy atom. The Labute approximate surface area is 98.2 Å². The van der Waals surface area contributed by atoms with E-state index in [1.165, 1.54) is 31.7 Å². The van der Waals surface area contributed by atoms with Crippen molar-refractivity contribution in [3.8, 4) is 0 Å². The molecule has 0 spiro atoms. The molecule has 0 saturated heterocycles. The van der Waals surface area contributed by atoms with Crippen molar-refractivity contribution in [2.45, 2.75) is 25.7 Å². The minimum atomic E-state index is -0.170. The summed E-state index contributed by atoms with van der Waals surface area (Å²) >= 11 is 3.34. The molecular formula is C12H15BrFN. The molecule has 0 unspecified atom stereocenters. The molecule has 1 aromatic rings. The molecule has 0 atom stereocenters. The van der Waals surface area contributed by atoms with E-state index in [4.69, 9.17) is 0 Å². The molecule has 3 heteroatoms. The van der Waals surface area contributed by atoms with E-state index in [0.29, 0.717) is 5.69 Å². The summed E-state index contributed by atoms with van der Waals surface area (Å²) in [6, 6.07) is 5.00. The van der Waals surface area contributed by atoms with Crippen LogP contribution in [0.3, 0.4) is 0 Å². The maximum absolute atomic E-state index is 13.4. The molecule has 0 radical (unpaired) electrons. The van der Waals surface area contributed by atoms with Crippen molar-refractivity contribution in [3.05, 3.63) is 28.5 Å². The minimum Gasteiger partial charge on any atom is -0.382 e. The Balaban J connectivity index is 1.94. The largest absolute Gasteiger partial charge is 0.382 e. The number of hydrogen-bond donors (Lipinski definition) is 1. The van der Waals surface area contributed by atoms with Crippen LogP contribution >= 0.6 is 15.9 Å². The number of halogens is 2. The molecule has 1 fully saturated rings. The van der Waals surface area contributed by atoms with Gasteiger partial charge in [-0.15, -0.1) is 0 Å². The zero-order valence-electron chi connectivity index (χ0n) is 8.60. The molecule has 1 aliphatic carbocycles. The Kier molecular flexibility index (Phi) is 3.62. The van der Waals surface area contributed by atoms with Crippen molar-refractivity contribution in [2.75, 3.05) is 11.9 Å². The van der Waals surface area contributed by atoms with Gasteiger partial charge in [0.25, 0.3) is 0 Å². The molecule has 15 heavy (non-hydrogen) atoms. The van der Waals surface area contributed by atoms with Gasteiger partial charge in [-0.3, -0.25) is 0 Å². The lowest BCUT2D eigenvalue weighted by Gasteiger charge is -2.12. The molecule has 0 aromatic heterocycles. The second-order valence-corrected chi connectivity index (χ2v) is 5.07. The Bertz CT molecular complexity index is 334. The summed E-state index contributed by atoms with van der Waals surface area (Å²) in [5.41, 5.74) is 0.608. The fourth-order valence-electron chi connectivity index (χ4n) is 2.10. The summed E-state index contributed by atoms with van der Waals surface area (Å²) in [5, 5.41) is 3.19. The number of benzene rings is 1. The van der Waals surface area contributed by atoms with Crippen LogP contribution in [0.2, 0.25) is 0 Å². The first-order valence-corrected chi connectivity index (χ1v) is 6.24. The molecule has 0 aliphatic heterocycles. The standard InChI is InChI=1S/C12H15BrFN/c13-10-5-6-11(14)12(7-10)15-8-9-3-1-2-4-9/h5-7,9,15H,1-4,8H2. The van der Waals surface area contributed by atoms with Gasteiger partial charge in [-0.1, -0.05) is 28.8 Å². The predicted octanol–water partition coefficient (Wildman–Crippen LogP) is 4.19. The number of hydrogen-bond acceptors (Lipinski definition) is 1. The lowest BCUT2D eigenvalue weighted by Crippen LogP contribution is -2.11. The van der Waals surface area contributed by atoms with Crippen molar-refractivity contribution in [1.29, 1.82) is 0 Å². The smallest absolute Gasteiger partial charge is 0.146 e. The van der Waals surface area contributed by atoms with E-state index in [0.717, 1.165) is 16.9 Å². The van der Waals surface area contributed by atoms with Gasteiger partial charge in [0, 0.05) is 11.0 Å². The van der Waals surface area contributed by atoms with E-state index in [1.807, 2.05) is 0 Å². The highest BCUT2D eigenvalue weighted by atomic mass is 79.9. The fraction of sp³-hybridized carbons (Fsp3) is 0.500. The molecule has 0 amide bonds. The van der Waals surface area contributed by atoms with Gasteiger partial charge in [0.1, 0.15) is 5.82 Å². The summed E-state index contributed by atoms with van der Waals surface area (Å²) in [6.45, 7) is 0.896. The van der Waals surface area contributed by atoms with Gasteiger partial charge in [-0.2, -0.15) is 0 Å². The van der Waals surface area contributed by atoms with Gasteiger partial charge < -0.3 is 5.32 Å². The van der Waals surface area contributed by atoms with Gasteiger partial charge in [0.2, 0.25) is 0 Å². The summed E-state index contributed by atoms with van der Waals surface area (Å²) in [5.74, 6) is 0.555. The van der Waals surface area contributed by atoms with Crippen LogP contribution in [0.15, 0.2) is 22.7 Å². The summed E-state index contributed by atoms with van der Waals surface area (Å²) in [6.07, 6.45) is 5.21. The third-order valence-corrected chi connectivity index (χ3v) is 3.48. The molecule has 1 aliphatic rings. The molecule has 82 valence electrons. The van der Waals surface area contributed by atoms with Crippen LogP contribution in [-0.2, 0) is 0 Å². The summed E-state index contributed by atoms with van der Waals surface area (Å²) in [4.78, 5) is 0. The van der Waals surface area contributed by atoms with Crippen LogP contribution in [0.5, 0.6) is 0 Å². The van der Waals surface area contributed by atoms with Crippen LogP contribution in [0.25, 0.3) is 0 Å². The van der Waals surface area contributed by atoms with E-state index < -0.39 is 0 Å². The Morgan fingerprint density at radius 1 is 1.33 bits per heavy atom. The highest BCUT2D eigenvalue weighted by Gasteiger charge is 2.15. The summed E-state index contributed by atoms with van der Waals surface area (Å²) < 4.78 is 14.3. The third-order valence-electron chi connectivity index (χ3n) is 2.98. The molecule has 1 N–H and O–H groups in total.